The van der Waals surface area contributed by atoms with E-state index in [4.69, 9.17) is 4.98 Å². The lowest BCUT2D eigenvalue weighted by Crippen LogP contribution is -2.46. The summed E-state index contributed by atoms with van der Waals surface area (Å²) >= 11 is 3.26. The van der Waals surface area contributed by atoms with Gasteiger partial charge < -0.3 is 4.90 Å². The van der Waals surface area contributed by atoms with Gasteiger partial charge in [0.25, 0.3) is 0 Å². The molecule has 0 saturated carbocycles. The molecule has 2 aromatic heterocycles. The fraction of sp³-hybridized carbons (Fsp3) is 0.421. The molecular formula is C19H23N5S2. The molecule has 1 saturated heterocycles. The molecule has 1 aromatic carbocycles. The minimum absolute atomic E-state index is 0.393. The van der Waals surface area contributed by atoms with Crippen LogP contribution in [-0.2, 0) is 6.54 Å². The fourth-order valence-electron chi connectivity index (χ4n) is 3.01. The van der Waals surface area contributed by atoms with Crippen LogP contribution in [0.4, 0.5) is 5.13 Å². The van der Waals surface area contributed by atoms with Crippen molar-refractivity contribution in [3.63, 3.8) is 0 Å². The zero-order valence-electron chi connectivity index (χ0n) is 15.1. The van der Waals surface area contributed by atoms with E-state index in [0.717, 1.165) is 48.7 Å². The van der Waals surface area contributed by atoms with E-state index in [1.54, 1.807) is 11.3 Å². The lowest BCUT2D eigenvalue weighted by molar-refractivity contribution is 0.247. The third-order valence-corrected chi connectivity index (χ3v) is 6.28. The standard InChI is InChI=1S/C19H23N5S2/c1-14(2)17-21-19(26-22-17)24-10-8-23(9-11-24)12-16-13-25-18(20-16)15-6-4-3-5-7-15/h3-7,13-14H,8-12H2,1-2H3. The van der Waals surface area contributed by atoms with Gasteiger partial charge in [0.15, 0.2) is 0 Å². The Bertz CT molecular complexity index is 835. The third-order valence-electron chi connectivity index (χ3n) is 4.55. The molecule has 3 aromatic rings. The molecule has 0 N–H and O–H groups in total. The molecule has 136 valence electrons. The van der Waals surface area contributed by atoms with Crippen molar-refractivity contribution in [3.8, 4) is 10.6 Å². The van der Waals surface area contributed by atoms with Crippen molar-refractivity contribution < 1.29 is 0 Å². The second kappa shape index (κ2) is 7.82. The SMILES string of the molecule is CC(C)c1nsc(N2CCN(Cc3csc(-c4ccccc4)n3)CC2)n1. The zero-order chi connectivity index (χ0) is 17.9. The van der Waals surface area contributed by atoms with Gasteiger partial charge in [-0.15, -0.1) is 11.3 Å². The van der Waals surface area contributed by atoms with E-state index >= 15 is 0 Å². The fourth-order valence-corrected chi connectivity index (χ4v) is 4.68. The Morgan fingerprint density at radius 3 is 2.50 bits per heavy atom. The summed E-state index contributed by atoms with van der Waals surface area (Å²) in [6.07, 6.45) is 0. The van der Waals surface area contributed by atoms with Gasteiger partial charge in [-0.2, -0.15) is 4.37 Å². The van der Waals surface area contributed by atoms with Crippen LogP contribution in [0, 0.1) is 0 Å². The molecule has 0 amide bonds. The molecule has 5 nitrogen and oxygen atoms in total. The van der Waals surface area contributed by atoms with E-state index in [2.05, 4.69) is 62.7 Å². The highest BCUT2D eigenvalue weighted by molar-refractivity contribution is 7.13. The first-order valence-electron chi connectivity index (χ1n) is 9.00. The van der Waals surface area contributed by atoms with Crippen LogP contribution in [0.1, 0.15) is 31.3 Å². The lowest BCUT2D eigenvalue weighted by atomic mass is 10.2. The molecule has 4 rings (SSSR count). The van der Waals surface area contributed by atoms with Crippen LogP contribution < -0.4 is 4.90 Å². The van der Waals surface area contributed by atoms with Crippen molar-refractivity contribution >= 4 is 28.0 Å². The van der Waals surface area contributed by atoms with Gasteiger partial charge in [-0.3, -0.25) is 4.90 Å². The Balaban J connectivity index is 1.33. The summed E-state index contributed by atoms with van der Waals surface area (Å²) in [4.78, 5) is 14.3. The zero-order valence-corrected chi connectivity index (χ0v) is 16.8. The lowest BCUT2D eigenvalue weighted by Gasteiger charge is -2.33. The van der Waals surface area contributed by atoms with Crippen molar-refractivity contribution in [2.24, 2.45) is 0 Å². The highest BCUT2D eigenvalue weighted by Crippen LogP contribution is 2.25. The molecule has 7 heteroatoms. The number of hydrogen-bond donors (Lipinski definition) is 0. The molecule has 0 radical (unpaired) electrons. The second-order valence-corrected chi connectivity index (χ2v) is 8.45. The summed E-state index contributed by atoms with van der Waals surface area (Å²) in [6.45, 7) is 9.28. The molecule has 1 aliphatic heterocycles. The number of anilines is 1. The summed E-state index contributed by atoms with van der Waals surface area (Å²) < 4.78 is 4.48. The van der Waals surface area contributed by atoms with Gasteiger partial charge in [0.1, 0.15) is 10.8 Å². The molecule has 3 heterocycles. The van der Waals surface area contributed by atoms with Crippen LogP contribution >= 0.6 is 22.9 Å². The van der Waals surface area contributed by atoms with E-state index in [1.807, 2.05) is 6.07 Å². The van der Waals surface area contributed by atoms with Crippen LogP contribution in [0.15, 0.2) is 35.7 Å². The number of rotatable bonds is 5. The monoisotopic (exact) mass is 385 g/mol. The molecule has 0 aliphatic carbocycles. The average Bonchev–Trinajstić information content (AvgIpc) is 3.33. The van der Waals surface area contributed by atoms with Crippen LogP contribution in [0.25, 0.3) is 10.6 Å². The number of thiazole rings is 1. The maximum Gasteiger partial charge on any atom is 0.205 e. The molecule has 1 aliphatic rings. The quantitative estimate of drug-likeness (QED) is 0.661. The van der Waals surface area contributed by atoms with Gasteiger partial charge >= 0.3 is 0 Å². The number of aromatic nitrogens is 3. The van der Waals surface area contributed by atoms with Crippen LogP contribution in [-0.4, -0.2) is 45.4 Å². The molecule has 0 atom stereocenters. The highest BCUT2D eigenvalue weighted by Gasteiger charge is 2.21. The molecule has 0 unspecified atom stereocenters. The topological polar surface area (TPSA) is 45.2 Å². The first-order chi connectivity index (χ1) is 12.7. The van der Waals surface area contributed by atoms with Crippen molar-refractivity contribution in [2.45, 2.75) is 26.3 Å². The number of benzene rings is 1. The van der Waals surface area contributed by atoms with E-state index < -0.39 is 0 Å². The largest absolute Gasteiger partial charge is 0.344 e. The predicted molar refractivity (Wildman–Crippen MR) is 109 cm³/mol. The summed E-state index contributed by atoms with van der Waals surface area (Å²) in [5, 5.41) is 4.36. The molecule has 26 heavy (non-hydrogen) atoms. The first-order valence-corrected chi connectivity index (χ1v) is 10.6. The van der Waals surface area contributed by atoms with Gasteiger partial charge in [0.05, 0.1) is 5.69 Å². The number of piperazine rings is 1. The maximum atomic E-state index is 4.82. The molecule has 1 fully saturated rings. The molecule has 0 spiro atoms. The summed E-state index contributed by atoms with van der Waals surface area (Å²) in [6, 6.07) is 10.4. The molecule has 0 bridgehead atoms. The van der Waals surface area contributed by atoms with Crippen LogP contribution in [0.3, 0.4) is 0 Å². The van der Waals surface area contributed by atoms with Crippen molar-refractivity contribution in [1.29, 1.82) is 0 Å². The predicted octanol–water partition coefficient (Wildman–Crippen LogP) is 4.11. The normalized spacial score (nSPS) is 15.7. The van der Waals surface area contributed by atoms with Crippen molar-refractivity contribution in [3.05, 3.63) is 47.2 Å². The van der Waals surface area contributed by atoms with Gasteiger partial charge in [0.2, 0.25) is 5.13 Å². The first kappa shape index (κ1) is 17.6. The van der Waals surface area contributed by atoms with Crippen LogP contribution in [0.5, 0.6) is 0 Å². The summed E-state index contributed by atoms with van der Waals surface area (Å²) in [5.74, 6) is 1.35. The van der Waals surface area contributed by atoms with Crippen molar-refractivity contribution in [1.82, 2.24) is 19.2 Å². The van der Waals surface area contributed by atoms with Gasteiger partial charge in [0, 0.05) is 61.1 Å². The van der Waals surface area contributed by atoms with E-state index in [1.165, 1.54) is 22.8 Å². The summed E-state index contributed by atoms with van der Waals surface area (Å²) in [7, 11) is 0. The van der Waals surface area contributed by atoms with Gasteiger partial charge in [-0.1, -0.05) is 44.2 Å². The summed E-state index contributed by atoms with van der Waals surface area (Å²) in [5.41, 5.74) is 2.37. The van der Waals surface area contributed by atoms with Gasteiger partial charge in [-0.05, 0) is 0 Å². The van der Waals surface area contributed by atoms with E-state index in [0.29, 0.717) is 5.92 Å². The van der Waals surface area contributed by atoms with Crippen LogP contribution in [0.2, 0.25) is 0 Å². The highest BCUT2D eigenvalue weighted by atomic mass is 32.1. The third kappa shape index (κ3) is 3.95. The van der Waals surface area contributed by atoms with E-state index in [-0.39, 0.29) is 0 Å². The maximum absolute atomic E-state index is 4.82. The van der Waals surface area contributed by atoms with E-state index in [9.17, 15) is 0 Å². The average molecular weight is 386 g/mol. The second-order valence-electron chi connectivity index (χ2n) is 6.86. The molecular weight excluding hydrogens is 362 g/mol. The Hall–Kier alpha value is -1.83. The minimum atomic E-state index is 0.393. The van der Waals surface area contributed by atoms with Gasteiger partial charge in [-0.25, -0.2) is 9.97 Å². The number of nitrogens with zero attached hydrogens (tertiary/aromatic N) is 5. The number of hydrogen-bond acceptors (Lipinski definition) is 7. The Morgan fingerprint density at radius 2 is 1.81 bits per heavy atom. The smallest absolute Gasteiger partial charge is 0.205 e. The Labute approximate surface area is 162 Å². The Morgan fingerprint density at radius 1 is 1.04 bits per heavy atom. The van der Waals surface area contributed by atoms with Crippen molar-refractivity contribution in [2.75, 3.05) is 31.1 Å². The minimum Gasteiger partial charge on any atom is -0.344 e. The Kier molecular flexibility index (Phi) is 5.28.